The molecule has 0 atom stereocenters. The van der Waals surface area contributed by atoms with E-state index in [4.69, 9.17) is 9.47 Å². The van der Waals surface area contributed by atoms with Crippen molar-refractivity contribution in [2.75, 3.05) is 19.5 Å². The lowest BCUT2D eigenvalue weighted by Crippen LogP contribution is -2.13. The third-order valence-electron chi connectivity index (χ3n) is 3.58. The van der Waals surface area contributed by atoms with Crippen LogP contribution >= 0.6 is 0 Å². The molecule has 3 aromatic rings. The molecule has 0 radical (unpaired) electrons. The molecule has 0 fully saturated rings. The van der Waals surface area contributed by atoms with Gasteiger partial charge in [0.2, 0.25) is 5.82 Å². The van der Waals surface area contributed by atoms with Gasteiger partial charge >= 0.3 is 6.18 Å². The number of nitrogens with one attached hydrogen (secondary N) is 1. The van der Waals surface area contributed by atoms with Crippen molar-refractivity contribution in [1.82, 2.24) is 9.97 Å². The van der Waals surface area contributed by atoms with Gasteiger partial charge in [0.25, 0.3) is 0 Å². The Hall–Kier alpha value is -3.23. The number of aromatic nitrogens is 2. The van der Waals surface area contributed by atoms with Crippen molar-refractivity contribution in [3.63, 3.8) is 0 Å². The van der Waals surface area contributed by atoms with E-state index in [-0.39, 0.29) is 22.8 Å². The second-order valence-electron chi connectivity index (χ2n) is 5.29. The van der Waals surface area contributed by atoms with E-state index in [1.54, 1.807) is 0 Å². The van der Waals surface area contributed by atoms with Crippen LogP contribution in [0.3, 0.4) is 0 Å². The maximum absolute atomic E-state index is 13.2. The minimum atomic E-state index is -4.72. The van der Waals surface area contributed by atoms with Crippen LogP contribution in [0.2, 0.25) is 0 Å². The van der Waals surface area contributed by atoms with Crippen LogP contribution in [0.25, 0.3) is 10.9 Å². The van der Waals surface area contributed by atoms with Crippen LogP contribution in [0.15, 0.2) is 36.4 Å². The Morgan fingerprint density at radius 3 is 2.15 bits per heavy atom. The monoisotopic (exact) mass is 365 g/mol. The van der Waals surface area contributed by atoms with E-state index < -0.39 is 12.0 Å². The Kier molecular flexibility index (Phi) is 4.45. The molecule has 0 aliphatic heterocycles. The topological polar surface area (TPSA) is 76.5 Å². The fourth-order valence-electron chi connectivity index (χ4n) is 2.36. The van der Waals surface area contributed by atoms with Crippen LogP contribution in [-0.4, -0.2) is 29.3 Å². The van der Waals surface area contributed by atoms with Gasteiger partial charge in [-0.3, -0.25) is 0 Å². The van der Waals surface area contributed by atoms with E-state index in [0.29, 0.717) is 16.8 Å². The van der Waals surface area contributed by atoms with Crippen LogP contribution < -0.4 is 14.8 Å². The largest absolute Gasteiger partial charge is 0.508 e. The summed E-state index contributed by atoms with van der Waals surface area (Å²) in [5, 5.41) is 12.5. The molecule has 26 heavy (non-hydrogen) atoms. The zero-order valence-electron chi connectivity index (χ0n) is 13.8. The van der Waals surface area contributed by atoms with Crippen LogP contribution in [0.4, 0.5) is 24.7 Å². The van der Waals surface area contributed by atoms with Gasteiger partial charge in [0.1, 0.15) is 11.6 Å². The van der Waals surface area contributed by atoms with Gasteiger partial charge in [-0.1, -0.05) is 0 Å². The second kappa shape index (κ2) is 6.58. The zero-order valence-corrected chi connectivity index (χ0v) is 13.8. The summed E-state index contributed by atoms with van der Waals surface area (Å²) in [6.45, 7) is 0. The van der Waals surface area contributed by atoms with Crippen molar-refractivity contribution in [3.8, 4) is 17.2 Å². The number of nitrogens with zero attached hydrogens (tertiary/aromatic N) is 2. The Balaban J connectivity index is 2.21. The van der Waals surface area contributed by atoms with Crippen LogP contribution in [0.5, 0.6) is 17.2 Å². The molecule has 1 aromatic heterocycles. The average Bonchev–Trinajstić information content (AvgIpc) is 2.61. The van der Waals surface area contributed by atoms with Crippen molar-refractivity contribution in [2.45, 2.75) is 6.18 Å². The third kappa shape index (κ3) is 3.41. The number of anilines is 2. The molecule has 1 heterocycles. The molecule has 0 aliphatic rings. The number of rotatable bonds is 4. The van der Waals surface area contributed by atoms with Crippen molar-refractivity contribution in [3.05, 3.63) is 42.2 Å². The number of benzene rings is 2. The summed E-state index contributed by atoms with van der Waals surface area (Å²) in [5.74, 6) is -0.711. The maximum atomic E-state index is 13.2. The highest BCUT2D eigenvalue weighted by Crippen LogP contribution is 2.37. The molecule has 2 N–H and O–H groups in total. The summed E-state index contributed by atoms with van der Waals surface area (Å²) < 4.78 is 49.8. The number of halogens is 3. The minimum absolute atomic E-state index is 0.0329. The first kappa shape index (κ1) is 17.6. The van der Waals surface area contributed by atoms with E-state index in [0.717, 1.165) is 0 Å². The molecule has 0 amide bonds. The van der Waals surface area contributed by atoms with Crippen molar-refractivity contribution >= 4 is 22.4 Å². The number of hydrogen-bond donors (Lipinski definition) is 2. The van der Waals surface area contributed by atoms with Gasteiger partial charge in [-0.25, -0.2) is 9.97 Å². The van der Waals surface area contributed by atoms with Gasteiger partial charge in [0.05, 0.1) is 19.7 Å². The van der Waals surface area contributed by atoms with Gasteiger partial charge in [0, 0.05) is 17.1 Å². The second-order valence-corrected chi connectivity index (χ2v) is 5.29. The van der Waals surface area contributed by atoms with Crippen molar-refractivity contribution < 1.29 is 27.8 Å². The first-order chi connectivity index (χ1) is 12.3. The normalized spacial score (nSPS) is 11.4. The van der Waals surface area contributed by atoms with E-state index in [9.17, 15) is 18.3 Å². The van der Waals surface area contributed by atoms with Crippen LogP contribution in [0, 0.1) is 0 Å². The summed E-state index contributed by atoms with van der Waals surface area (Å²) in [5.41, 5.74) is 0.497. The van der Waals surface area contributed by atoms with E-state index >= 15 is 0 Å². The predicted molar refractivity (Wildman–Crippen MR) is 89.0 cm³/mol. The first-order valence-corrected chi connectivity index (χ1v) is 7.39. The summed E-state index contributed by atoms with van der Waals surface area (Å²) in [4.78, 5) is 7.21. The average molecular weight is 365 g/mol. The Morgan fingerprint density at radius 1 is 0.962 bits per heavy atom. The number of phenols is 1. The molecule has 136 valence electrons. The minimum Gasteiger partial charge on any atom is -0.508 e. The van der Waals surface area contributed by atoms with Gasteiger partial charge in [-0.15, -0.1) is 0 Å². The molecular formula is C17H14F3N3O3. The zero-order chi connectivity index (χ0) is 18.9. The molecule has 6 nitrogen and oxygen atoms in total. The molecule has 0 bridgehead atoms. The van der Waals surface area contributed by atoms with Crippen molar-refractivity contribution in [1.29, 1.82) is 0 Å². The molecular weight excluding hydrogens is 351 g/mol. The molecule has 0 saturated carbocycles. The Bertz CT molecular complexity index is 944. The summed E-state index contributed by atoms with van der Waals surface area (Å²) in [7, 11) is 2.80. The lowest BCUT2D eigenvalue weighted by Gasteiger charge is -2.15. The lowest BCUT2D eigenvalue weighted by atomic mass is 10.2. The third-order valence-corrected chi connectivity index (χ3v) is 3.58. The number of alkyl halides is 3. The number of methoxy groups -OCH3 is 2. The number of hydrogen-bond acceptors (Lipinski definition) is 6. The predicted octanol–water partition coefficient (Wildman–Crippen LogP) is 4.12. The molecule has 9 heteroatoms. The summed E-state index contributed by atoms with van der Waals surface area (Å²) >= 11 is 0. The standard InChI is InChI=1S/C17H14F3N3O3/c1-25-13-7-11-12(8-14(13)26-2)22-16(17(18,19)20)23-15(11)21-9-3-5-10(24)6-4-9/h3-8,24H,1-2H3,(H,21,22,23). The Labute approximate surface area is 146 Å². The van der Waals surface area contributed by atoms with Gasteiger partial charge in [-0.2, -0.15) is 13.2 Å². The fourth-order valence-corrected chi connectivity index (χ4v) is 2.36. The van der Waals surface area contributed by atoms with E-state index in [2.05, 4.69) is 15.3 Å². The van der Waals surface area contributed by atoms with E-state index in [1.807, 2.05) is 0 Å². The molecule has 0 saturated heterocycles. The Morgan fingerprint density at radius 2 is 1.58 bits per heavy atom. The SMILES string of the molecule is COc1cc2nc(C(F)(F)F)nc(Nc3ccc(O)cc3)c2cc1OC. The smallest absolute Gasteiger partial charge is 0.451 e. The number of ether oxygens (including phenoxy) is 2. The number of aromatic hydroxyl groups is 1. The highest BCUT2D eigenvalue weighted by molar-refractivity contribution is 5.93. The van der Waals surface area contributed by atoms with Crippen LogP contribution in [0.1, 0.15) is 5.82 Å². The van der Waals surface area contributed by atoms with Gasteiger partial charge < -0.3 is 19.9 Å². The molecule has 0 unspecified atom stereocenters. The highest BCUT2D eigenvalue weighted by atomic mass is 19.4. The molecule has 2 aromatic carbocycles. The molecule has 0 aliphatic carbocycles. The number of phenolic OH excluding ortho intramolecular Hbond substituents is 1. The lowest BCUT2D eigenvalue weighted by molar-refractivity contribution is -0.144. The van der Waals surface area contributed by atoms with Crippen LogP contribution in [-0.2, 0) is 6.18 Å². The molecule has 0 spiro atoms. The maximum Gasteiger partial charge on any atom is 0.451 e. The quantitative estimate of drug-likeness (QED) is 0.678. The van der Waals surface area contributed by atoms with E-state index in [1.165, 1.54) is 50.6 Å². The highest BCUT2D eigenvalue weighted by Gasteiger charge is 2.35. The van der Waals surface area contributed by atoms with Crippen molar-refractivity contribution in [2.24, 2.45) is 0 Å². The number of fused-ring (bicyclic) bond motifs is 1. The van der Waals surface area contributed by atoms with Gasteiger partial charge in [-0.05, 0) is 30.3 Å². The molecule has 3 rings (SSSR count). The summed E-state index contributed by atoms with van der Waals surface area (Å²) in [6, 6.07) is 8.68. The fraction of sp³-hybridized carbons (Fsp3) is 0.176. The van der Waals surface area contributed by atoms with Gasteiger partial charge in [0.15, 0.2) is 11.5 Å². The summed E-state index contributed by atoms with van der Waals surface area (Å²) in [6.07, 6.45) is -4.72. The first-order valence-electron chi connectivity index (χ1n) is 7.39.